The van der Waals surface area contributed by atoms with Gasteiger partial charge in [0.05, 0.1) is 6.07 Å². The SMILES string of the molecule is O=[N+]([O-])c1ccc(-c2nc3cc(Cl)ccc3o2)o1. The van der Waals surface area contributed by atoms with Crippen molar-refractivity contribution in [1.29, 1.82) is 0 Å². The van der Waals surface area contributed by atoms with E-state index in [-0.39, 0.29) is 17.5 Å². The van der Waals surface area contributed by atoms with Gasteiger partial charge in [-0.25, -0.2) is 4.98 Å². The fourth-order valence-corrected chi connectivity index (χ4v) is 1.71. The molecule has 3 aromatic rings. The normalized spacial score (nSPS) is 10.9. The van der Waals surface area contributed by atoms with Crippen LogP contribution in [0.25, 0.3) is 22.8 Å². The number of nitrogens with zero attached hydrogens (tertiary/aromatic N) is 2. The molecule has 0 aliphatic rings. The third-order valence-corrected chi connectivity index (χ3v) is 2.57. The first-order chi connectivity index (χ1) is 8.63. The molecule has 0 N–H and O–H groups in total. The molecule has 0 aliphatic carbocycles. The third kappa shape index (κ3) is 1.72. The van der Waals surface area contributed by atoms with Crippen LogP contribution in [-0.4, -0.2) is 9.91 Å². The van der Waals surface area contributed by atoms with Crippen LogP contribution in [-0.2, 0) is 0 Å². The fraction of sp³-hybridized carbons (Fsp3) is 0. The molecule has 0 aliphatic heterocycles. The highest BCUT2D eigenvalue weighted by Gasteiger charge is 2.17. The minimum atomic E-state index is -0.622. The van der Waals surface area contributed by atoms with E-state index in [1.165, 1.54) is 12.1 Å². The molecule has 0 unspecified atom stereocenters. The smallest absolute Gasteiger partial charge is 0.433 e. The van der Waals surface area contributed by atoms with Gasteiger partial charge >= 0.3 is 5.88 Å². The minimum absolute atomic E-state index is 0.181. The van der Waals surface area contributed by atoms with Crippen LogP contribution in [0.1, 0.15) is 0 Å². The molecule has 2 aromatic heterocycles. The number of furan rings is 1. The number of hydrogen-bond acceptors (Lipinski definition) is 5. The molecule has 18 heavy (non-hydrogen) atoms. The van der Waals surface area contributed by atoms with Crippen molar-refractivity contribution in [3.05, 3.63) is 45.5 Å². The van der Waals surface area contributed by atoms with Crippen molar-refractivity contribution in [2.75, 3.05) is 0 Å². The molecule has 0 amide bonds. The Morgan fingerprint density at radius 2 is 2.06 bits per heavy atom. The van der Waals surface area contributed by atoms with E-state index >= 15 is 0 Å². The predicted octanol–water partition coefficient (Wildman–Crippen LogP) is 3.65. The lowest BCUT2D eigenvalue weighted by Gasteiger charge is -1.86. The van der Waals surface area contributed by atoms with E-state index in [0.29, 0.717) is 16.1 Å². The van der Waals surface area contributed by atoms with Gasteiger partial charge in [-0.15, -0.1) is 0 Å². The Bertz CT molecular complexity index is 746. The first-order valence-corrected chi connectivity index (χ1v) is 5.32. The minimum Gasteiger partial charge on any atom is -0.434 e. The van der Waals surface area contributed by atoms with Crippen molar-refractivity contribution in [2.24, 2.45) is 0 Å². The van der Waals surface area contributed by atoms with Gasteiger partial charge in [-0.3, -0.25) is 10.1 Å². The Morgan fingerprint density at radius 1 is 1.22 bits per heavy atom. The second kappa shape index (κ2) is 3.85. The monoisotopic (exact) mass is 264 g/mol. The molecule has 2 heterocycles. The molecule has 0 bridgehead atoms. The fourth-order valence-electron chi connectivity index (χ4n) is 1.55. The van der Waals surface area contributed by atoms with Gasteiger partial charge in [0.15, 0.2) is 11.3 Å². The Morgan fingerprint density at radius 3 is 2.78 bits per heavy atom. The maximum atomic E-state index is 10.5. The number of fused-ring (bicyclic) bond motifs is 1. The average Bonchev–Trinajstić information content (AvgIpc) is 2.93. The summed E-state index contributed by atoms with van der Waals surface area (Å²) in [6.07, 6.45) is 0. The van der Waals surface area contributed by atoms with Gasteiger partial charge in [-0.1, -0.05) is 11.6 Å². The van der Waals surface area contributed by atoms with Crippen molar-refractivity contribution in [1.82, 2.24) is 4.98 Å². The summed E-state index contributed by atoms with van der Waals surface area (Å²) >= 11 is 5.83. The Labute approximate surface area is 105 Å². The van der Waals surface area contributed by atoms with Gasteiger partial charge in [-0.2, -0.15) is 0 Å². The summed E-state index contributed by atoms with van der Waals surface area (Å²) in [6.45, 7) is 0. The zero-order chi connectivity index (χ0) is 12.7. The van der Waals surface area contributed by atoms with E-state index in [1.54, 1.807) is 18.2 Å². The maximum Gasteiger partial charge on any atom is 0.433 e. The quantitative estimate of drug-likeness (QED) is 0.521. The van der Waals surface area contributed by atoms with E-state index in [4.69, 9.17) is 20.4 Å². The number of hydrogen-bond donors (Lipinski definition) is 0. The van der Waals surface area contributed by atoms with Crippen LogP contribution in [0.3, 0.4) is 0 Å². The van der Waals surface area contributed by atoms with E-state index in [1.807, 2.05) is 0 Å². The molecule has 90 valence electrons. The molecule has 0 saturated carbocycles. The van der Waals surface area contributed by atoms with Gasteiger partial charge < -0.3 is 8.83 Å². The third-order valence-electron chi connectivity index (χ3n) is 2.33. The highest BCUT2D eigenvalue weighted by Crippen LogP contribution is 2.29. The molecule has 0 fully saturated rings. The standard InChI is InChI=1S/C11H5ClN2O4/c12-6-1-2-8-7(5-6)13-11(18-8)9-3-4-10(17-9)14(15)16/h1-5H. The van der Waals surface area contributed by atoms with Crippen LogP contribution in [0, 0.1) is 10.1 Å². The van der Waals surface area contributed by atoms with Gasteiger partial charge in [0.2, 0.25) is 0 Å². The van der Waals surface area contributed by atoms with Crippen LogP contribution in [0.5, 0.6) is 0 Å². The zero-order valence-electron chi connectivity index (χ0n) is 8.79. The molecule has 3 rings (SSSR count). The zero-order valence-corrected chi connectivity index (χ0v) is 9.55. The van der Waals surface area contributed by atoms with Crippen molar-refractivity contribution >= 4 is 28.6 Å². The van der Waals surface area contributed by atoms with Crippen LogP contribution in [0.2, 0.25) is 5.02 Å². The van der Waals surface area contributed by atoms with Crippen molar-refractivity contribution < 1.29 is 13.8 Å². The predicted molar refractivity (Wildman–Crippen MR) is 63.4 cm³/mol. The molecule has 6 nitrogen and oxygen atoms in total. The summed E-state index contributed by atoms with van der Waals surface area (Å²) in [4.78, 5) is 14.0. The summed E-state index contributed by atoms with van der Waals surface area (Å²) in [5.74, 6) is 0.0275. The van der Waals surface area contributed by atoms with Crippen LogP contribution < -0.4 is 0 Å². The number of halogens is 1. The van der Waals surface area contributed by atoms with Crippen LogP contribution in [0.15, 0.2) is 39.2 Å². The number of aromatic nitrogens is 1. The average molecular weight is 265 g/mol. The molecule has 0 atom stereocenters. The molecule has 7 heteroatoms. The molecule has 1 aromatic carbocycles. The molecule has 0 spiro atoms. The van der Waals surface area contributed by atoms with E-state index in [9.17, 15) is 10.1 Å². The summed E-state index contributed by atoms with van der Waals surface area (Å²) in [5.41, 5.74) is 1.10. The summed E-state index contributed by atoms with van der Waals surface area (Å²) in [7, 11) is 0. The summed E-state index contributed by atoms with van der Waals surface area (Å²) in [6, 6.07) is 7.66. The lowest BCUT2D eigenvalue weighted by Crippen LogP contribution is -1.82. The highest BCUT2D eigenvalue weighted by molar-refractivity contribution is 6.31. The lowest BCUT2D eigenvalue weighted by molar-refractivity contribution is -0.401. The van der Waals surface area contributed by atoms with Crippen molar-refractivity contribution in [3.8, 4) is 11.7 Å². The van der Waals surface area contributed by atoms with Crippen molar-refractivity contribution in [3.63, 3.8) is 0 Å². The Kier molecular flexibility index (Phi) is 2.31. The van der Waals surface area contributed by atoms with Gasteiger partial charge in [0.1, 0.15) is 10.4 Å². The summed E-state index contributed by atoms with van der Waals surface area (Å²) < 4.78 is 10.4. The molecular formula is C11H5ClN2O4. The molecular weight excluding hydrogens is 260 g/mol. The van der Waals surface area contributed by atoms with E-state index in [2.05, 4.69) is 4.98 Å². The Balaban J connectivity index is 2.10. The molecule has 0 radical (unpaired) electrons. The van der Waals surface area contributed by atoms with E-state index in [0.717, 1.165) is 0 Å². The van der Waals surface area contributed by atoms with Gasteiger partial charge in [0, 0.05) is 5.02 Å². The summed E-state index contributed by atoms with van der Waals surface area (Å²) in [5, 5.41) is 11.0. The van der Waals surface area contributed by atoms with Crippen molar-refractivity contribution in [2.45, 2.75) is 0 Å². The first-order valence-electron chi connectivity index (χ1n) is 4.94. The topological polar surface area (TPSA) is 82.3 Å². The lowest BCUT2D eigenvalue weighted by atomic mass is 10.3. The highest BCUT2D eigenvalue weighted by atomic mass is 35.5. The second-order valence-electron chi connectivity index (χ2n) is 3.53. The number of oxazole rings is 1. The number of nitro groups is 1. The maximum absolute atomic E-state index is 10.5. The van der Waals surface area contributed by atoms with Gasteiger partial charge in [0.25, 0.3) is 5.89 Å². The Hall–Kier alpha value is -2.34. The first kappa shape index (κ1) is 10.8. The number of rotatable bonds is 2. The number of benzene rings is 1. The van der Waals surface area contributed by atoms with Gasteiger partial charge in [-0.05, 0) is 24.3 Å². The largest absolute Gasteiger partial charge is 0.434 e. The van der Waals surface area contributed by atoms with E-state index < -0.39 is 4.92 Å². The molecule has 0 saturated heterocycles. The van der Waals surface area contributed by atoms with Crippen LogP contribution >= 0.6 is 11.6 Å². The van der Waals surface area contributed by atoms with Crippen LogP contribution in [0.4, 0.5) is 5.88 Å². The second-order valence-corrected chi connectivity index (χ2v) is 3.96.